The lowest BCUT2D eigenvalue weighted by Gasteiger charge is -2.14. The molecule has 21 heavy (non-hydrogen) atoms. The Bertz CT molecular complexity index is 571. The fourth-order valence-electron chi connectivity index (χ4n) is 1.93. The van der Waals surface area contributed by atoms with Crippen LogP contribution in [0, 0.1) is 6.92 Å². The molecule has 1 unspecified atom stereocenters. The largest absolute Gasteiger partial charge is 0.497 e. The fourth-order valence-corrected chi connectivity index (χ4v) is 1.93. The maximum Gasteiger partial charge on any atom is 0.120 e. The van der Waals surface area contributed by atoms with Crippen LogP contribution < -0.4 is 14.8 Å². The topological polar surface area (TPSA) is 50.7 Å². The van der Waals surface area contributed by atoms with Gasteiger partial charge in [0.15, 0.2) is 0 Å². The predicted octanol–water partition coefficient (Wildman–Crippen LogP) is 2.86. The summed E-state index contributed by atoms with van der Waals surface area (Å²) in [6, 6.07) is 15.4. The van der Waals surface area contributed by atoms with E-state index in [0.29, 0.717) is 6.54 Å². The Kier molecular flexibility index (Phi) is 5.46. The van der Waals surface area contributed by atoms with Crippen molar-refractivity contribution >= 4 is 5.69 Å². The first-order valence-corrected chi connectivity index (χ1v) is 6.93. The number of methoxy groups -OCH3 is 1. The number of rotatable bonds is 7. The highest BCUT2D eigenvalue weighted by Crippen LogP contribution is 2.17. The molecule has 0 aliphatic rings. The van der Waals surface area contributed by atoms with Gasteiger partial charge in [0, 0.05) is 18.3 Å². The first kappa shape index (κ1) is 15.2. The number of aliphatic hydroxyl groups is 1. The molecule has 0 spiro atoms. The van der Waals surface area contributed by atoms with Crippen LogP contribution in [0.3, 0.4) is 0 Å². The standard InChI is InChI=1S/C17H21NO3/c1-13-5-3-8-17(9-13)21-12-15(19)11-18-14-6-4-7-16(10-14)20-2/h3-10,15,18-19H,11-12H2,1-2H3. The molecule has 112 valence electrons. The van der Waals surface area contributed by atoms with Crippen molar-refractivity contribution in [2.45, 2.75) is 13.0 Å². The summed E-state index contributed by atoms with van der Waals surface area (Å²) >= 11 is 0. The van der Waals surface area contributed by atoms with Gasteiger partial charge in [-0.05, 0) is 36.8 Å². The van der Waals surface area contributed by atoms with Gasteiger partial charge in [-0.3, -0.25) is 0 Å². The zero-order valence-electron chi connectivity index (χ0n) is 12.4. The van der Waals surface area contributed by atoms with Crippen molar-refractivity contribution in [3.63, 3.8) is 0 Å². The molecule has 4 nitrogen and oxygen atoms in total. The number of aliphatic hydroxyl groups excluding tert-OH is 1. The van der Waals surface area contributed by atoms with E-state index in [2.05, 4.69) is 5.32 Å². The van der Waals surface area contributed by atoms with Crippen molar-refractivity contribution in [1.82, 2.24) is 0 Å². The number of benzene rings is 2. The van der Waals surface area contributed by atoms with Crippen molar-refractivity contribution in [3.05, 3.63) is 54.1 Å². The SMILES string of the molecule is COc1cccc(NCC(O)COc2cccc(C)c2)c1. The minimum atomic E-state index is -0.586. The Morgan fingerprint density at radius 1 is 1.10 bits per heavy atom. The normalized spacial score (nSPS) is 11.8. The van der Waals surface area contributed by atoms with Gasteiger partial charge in [0.05, 0.1) is 7.11 Å². The highest BCUT2D eigenvalue weighted by molar-refractivity contribution is 5.48. The molecule has 0 aliphatic heterocycles. The van der Waals surface area contributed by atoms with Crippen LogP contribution in [0.4, 0.5) is 5.69 Å². The zero-order chi connectivity index (χ0) is 15.1. The molecule has 0 bridgehead atoms. The van der Waals surface area contributed by atoms with Gasteiger partial charge in [-0.15, -0.1) is 0 Å². The molecule has 4 heteroatoms. The summed E-state index contributed by atoms with van der Waals surface area (Å²) in [6.07, 6.45) is -0.586. The van der Waals surface area contributed by atoms with E-state index in [1.165, 1.54) is 0 Å². The Hall–Kier alpha value is -2.20. The van der Waals surface area contributed by atoms with E-state index >= 15 is 0 Å². The summed E-state index contributed by atoms with van der Waals surface area (Å²) in [4.78, 5) is 0. The predicted molar refractivity (Wildman–Crippen MR) is 84.2 cm³/mol. The lowest BCUT2D eigenvalue weighted by molar-refractivity contribution is 0.117. The van der Waals surface area contributed by atoms with E-state index in [1.54, 1.807) is 7.11 Å². The second-order valence-electron chi connectivity index (χ2n) is 4.89. The molecule has 0 radical (unpaired) electrons. The van der Waals surface area contributed by atoms with Crippen molar-refractivity contribution in [2.24, 2.45) is 0 Å². The average molecular weight is 287 g/mol. The Morgan fingerprint density at radius 3 is 2.62 bits per heavy atom. The molecule has 1 atom stereocenters. The number of ether oxygens (including phenoxy) is 2. The fraction of sp³-hybridized carbons (Fsp3) is 0.294. The van der Waals surface area contributed by atoms with E-state index in [0.717, 1.165) is 22.7 Å². The van der Waals surface area contributed by atoms with Gasteiger partial charge in [-0.25, -0.2) is 0 Å². The Morgan fingerprint density at radius 2 is 1.86 bits per heavy atom. The lowest BCUT2D eigenvalue weighted by atomic mass is 10.2. The van der Waals surface area contributed by atoms with Gasteiger partial charge < -0.3 is 19.9 Å². The van der Waals surface area contributed by atoms with Gasteiger partial charge in [-0.2, -0.15) is 0 Å². The van der Waals surface area contributed by atoms with Gasteiger partial charge >= 0.3 is 0 Å². The summed E-state index contributed by atoms with van der Waals surface area (Å²) in [5.74, 6) is 1.56. The molecule has 2 N–H and O–H groups in total. The lowest BCUT2D eigenvalue weighted by Crippen LogP contribution is -2.26. The summed E-state index contributed by atoms with van der Waals surface area (Å²) in [6.45, 7) is 2.67. The molecule has 0 saturated carbocycles. The quantitative estimate of drug-likeness (QED) is 0.822. The van der Waals surface area contributed by atoms with E-state index in [-0.39, 0.29) is 6.61 Å². The number of aryl methyl sites for hydroxylation is 1. The molecule has 0 aliphatic carbocycles. The second-order valence-corrected chi connectivity index (χ2v) is 4.89. The van der Waals surface area contributed by atoms with E-state index in [1.807, 2.05) is 55.5 Å². The second kappa shape index (κ2) is 7.55. The van der Waals surface area contributed by atoms with Crippen LogP contribution in [-0.2, 0) is 0 Å². The number of anilines is 1. The monoisotopic (exact) mass is 287 g/mol. The number of hydrogen-bond acceptors (Lipinski definition) is 4. The first-order valence-electron chi connectivity index (χ1n) is 6.93. The van der Waals surface area contributed by atoms with Crippen LogP contribution in [0.15, 0.2) is 48.5 Å². The van der Waals surface area contributed by atoms with Crippen molar-refractivity contribution in [2.75, 3.05) is 25.6 Å². The van der Waals surface area contributed by atoms with E-state index in [9.17, 15) is 5.11 Å². The summed E-state index contributed by atoms with van der Waals surface area (Å²) in [5.41, 5.74) is 2.04. The average Bonchev–Trinajstić information content (AvgIpc) is 2.51. The van der Waals surface area contributed by atoms with Crippen molar-refractivity contribution in [1.29, 1.82) is 0 Å². The highest BCUT2D eigenvalue weighted by Gasteiger charge is 2.06. The summed E-state index contributed by atoms with van der Waals surface area (Å²) in [5, 5.41) is 13.1. The van der Waals surface area contributed by atoms with Gasteiger partial charge in [0.1, 0.15) is 24.2 Å². The Labute approximate surface area is 125 Å². The van der Waals surface area contributed by atoms with E-state index < -0.39 is 6.10 Å². The minimum Gasteiger partial charge on any atom is -0.497 e. The van der Waals surface area contributed by atoms with Gasteiger partial charge in [0.2, 0.25) is 0 Å². The maximum absolute atomic E-state index is 9.95. The third kappa shape index (κ3) is 5.00. The minimum absolute atomic E-state index is 0.250. The molecule has 0 fully saturated rings. The van der Waals surface area contributed by atoms with Crippen LogP contribution in [0.2, 0.25) is 0 Å². The molecule has 0 aromatic heterocycles. The third-order valence-corrected chi connectivity index (χ3v) is 3.04. The van der Waals surface area contributed by atoms with Crippen LogP contribution in [0.25, 0.3) is 0 Å². The molecule has 2 rings (SSSR count). The molecule has 0 amide bonds. The number of nitrogens with one attached hydrogen (secondary N) is 1. The first-order chi connectivity index (χ1) is 10.2. The highest BCUT2D eigenvalue weighted by atomic mass is 16.5. The van der Waals surface area contributed by atoms with Crippen LogP contribution >= 0.6 is 0 Å². The third-order valence-electron chi connectivity index (χ3n) is 3.04. The molecule has 0 heterocycles. The van der Waals surface area contributed by atoms with Crippen LogP contribution in [0.1, 0.15) is 5.56 Å². The van der Waals surface area contributed by atoms with Crippen LogP contribution in [0.5, 0.6) is 11.5 Å². The zero-order valence-corrected chi connectivity index (χ0v) is 12.4. The van der Waals surface area contributed by atoms with Gasteiger partial charge in [0.25, 0.3) is 0 Å². The van der Waals surface area contributed by atoms with Crippen molar-refractivity contribution in [3.8, 4) is 11.5 Å². The number of hydrogen-bond donors (Lipinski definition) is 2. The molecule has 2 aromatic carbocycles. The van der Waals surface area contributed by atoms with Crippen LogP contribution in [-0.4, -0.2) is 31.5 Å². The maximum atomic E-state index is 9.95. The summed E-state index contributed by atoms with van der Waals surface area (Å²) < 4.78 is 10.7. The molecular weight excluding hydrogens is 266 g/mol. The molecule has 2 aromatic rings. The summed E-state index contributed by atoms with van der Waals surface area (Å²) in [7, 11) is 1.63. The Balaban J connectivity index is 1.78. The van der Waals surface area contributed by atoms with E-state index in [4.69, 9.17) is 9.47 Å². The van der Waals surface area contributed by atoms with Gasteiger partial charge in [-0.1, -0.05) is 18.2 Å². The molecule has 0 saturated heterocycles. The smallest absolute Gasteiger partial charge is 0.120 e. The molecular formula is C17H21NO3. The van der Waals surface area contributed by atoms with Crippen molar-refractivity contribution < 1.29 is 14.6 Å².